The number of likely N-dealkylation sites (N-methyl/N-ethyl adjacent to an activating group) is 1. The summed E-state index contributed by atoms with van der Waals surface area (Å²) in [6.07, 6.45) is 15.6. The standard InChI is InChI=1S/2C12H24N2O.C11H22N2.C11H21NO.C10H20FNO.C10H19NO.C9H17NO.C9H19NO/c1-12(2,3)14-7-11(8-14)13(4)10-5-6-15-9-10;1-12(2,3)14-9-11(10-14)13-5-4-7-15-8-6-13;1-11(2,3)13-8-7-12-6-4-5-10(12)9-13;1-11(2,3)12-7-8-5-9(12)6-10(8)13-4;1-9(2,3)12-6-5-10(11,7-12)8-13-4;1-10(2,3)11-5-4-9-6-8(11)7-12-9;1-9(2,3)10-5-7-4-8(6-10)11-7;1-9(2,3)10-5-4-7-11-8-6-10/h10-11H,5-9H2,1-4H3;11H,4-10H2,1-3H3;10H,4-9H2,1-3H3;8-10H,5-7H2,1-4H3;5-8H2,1-4H3;8-9H,4-7H2,1-3H3;7-8H,4-6H2,1-3H3;4-8H2,1-3H3. The molecule has 0 amide bonds. The molecule has 15 aliphatic rings. The van der Waals surface area contributed by atoms with Crippen molar-refractivity contribution in [2.75, 3.05) is 192 Å². The Morgan fingerprint density at radius 2 is 0.932 bits per heavy atom. The van der Waals surface area contributed by atoms with Gasteiger partial charge < -0.3 is 33.2 Å². The van der Waals surface area contributed by atoms with E-state index in [-0.39, 0.29) is 12.1 Å². The molecule has 10 unspecified atom stereocenters. The quantitative estimate of drug-likeness (QED) is 0.252. The highest BCUT2D eigenvalue weighted by Gasteiger charge is 2.49. The Morgan fingerprint density at radius 1 is 0.398 bits per heavy atom. The molecule has 606 valence electrons. The van der Waals surface area contributed by atoms with Crippen LogP contribution in [0.3, 0.4) is 0 Å². The number of alkyl halides is 1. The maximum absolute atomic E-state index is 13.9. The fourth-order valence-electron chi connectivity index (χ4n) is 17.9. The lowest BCUT2D eigenvalue weighted by molar-refractivity contribution is -0.195. The number of piperidine rings is 3. The lowest BCUT2D eigenvalue weighted by atomic mass is 9.94. The molecular formula is C84H166FN11O7. The number of hydrogen-bond acceptors (Lipinski definition) is 18. The molecule has 0 radical (unpaired) electrons. The molecule has 15 fully saturated rings. The number of morpholine rings is 1. The molecule has 19 heteroatoms. The lowest BCUT2D eigenvalue weighted by Gasteiger charge is -2.51. The van der Waals surface area contributed by atoms with Crippen molar-refractivity contribution >= 4 is 0 Å². The third kappa shape index (κ3) is 27.5. The van der Waals surface area contributed by atoms with Crippen LogP contribution in [0.5, 0.6) is 0 Å². The highest BCUT2D eigenvalue weighted by molar-refractivity contribution is 5.03. The van der Waals surface area contributed by atoms with Crippen molar-refractivity contribution in [1.29, 1.82) is 0 Å². The normalized spacial score (nSPS) is 32.3. The zero-order valence-corrected chi connectivity index (χ0v) is 72.2. The second-order valence-corrected chi connectivity index (χ2v) is 41.3. The minimum Gasteiger partial charge on any atom is -0.381 e. The third-order valence-electron chi connectivity index (χ3n) is 25.2. The summed E-state index contributed by atoms with van der Waals surface area (Å²) in [4.78, 5) is 28.0. The number of rotatable bonds is 6. The van der Waals surface area contributed by atoms with Crippen LogP contribution in [0.25, 0.3) is 0 Å². The number of ether oxygens (including phenoxy) is 7. The van der Waals surface area contributed by atoms with Crippen molar-refractivity contribution in [1.82, 2.24) is 53.9 Å². The summed E-state index contributed by atoms with van der Waals surface area (Å²) in [6, 6.07) is 4.55. The van der Waals surface area contributed by atoms with E-state index in [1.165, 1.54) is 143 Å². The number of likely N-dealkylation sites (tertiary alicyclic amines) is 5. The Hall–Kier alpha value is -0.790. The van der Waals surface area contributed by atoms with E-state index in [1.54, 1.807) is 7.11 Å². The van der Waals surface area contributed by atoms with Gasteiger partial charge in [-0.2, -0.15) is 0 Å². The molecule has 1 saturated carbocycles. The first-order valence-corrected chi connectivity index (χ1v) is 41.7. The molecule has 1 aliphatic carbocycles. The molecule has 0 N–H and O–H groups in total. The van der Waals surface area contributed by atoms with Gasteiger partial charge in [-0.05, 0) is 250 Å². The monoisotopic (exact) mass is 1460 g/mol. The first kappa shape index (κ1) is 89.4. The fraction of sp³-hybridized carbons (Fsp3) is 1.00. The van der Waals surface area contributed by atoms with Crippen molar-refractivity contribution in [3.05, 3.63) is 0 Å². The van der Waals surface area contributed by atoms with Gasteiger partial charge >= 0.3 is 0 Å². The van der Waals surface area contributed by atoms with E-state index >= 15 is 0 Å². The van der Waals surface area contributed by atoms with Crippen LogP contribution in [0.1, 0.15) is 237 Å². The van der Waals surface area contributed by atoms with Gasteiger partial charge in [-0.15, -0.1) is 0 Å². The van der Waals surface area contributed by atoms with E-state index in [2.05, 4.69) is 227 Å². The average molecular weight is 1460 g/mol. The summed E-state index contributed by atoms with van der Waals surface area (Å²) in [6.45, 7) is 82.2. The molecule has 18 nitrogen and oxygen atoms in total. The number of nitrogens with zero attached hydrogens (tertiary/aromatic N) is 11. The van der Waals surface area contributed by atoms with Crippen molar-refractivity contribution in [3.8, 4) is 0 Å². The summed E-state index contributed by atoms with van der Waals surface area (Å²) in [5.74, 6) is 0.800. The van der Waals surface area contributed by atoms with E-state index < -0.39 is 5.67 Å². The van der Waals surface area contributed by atoms with Gasteiger partial charge in [0.05, 0.1) is 57.5 Å². The molecule has 14 saturated heterocycles. The number of fused-ring (bicyclic) bond motifs is 7. The Bertz CT molecular complexity index is 2340. The lowest BCUT2D eigenvalue weighted by Crippen LogP contribution is -2.65. The van der Waals surface area contributed by atoms with Crippen LogP contribution >= 0.6 is 0 Å². The molecule has 15 rings (SSSR count). The van der Waals surface area contributed by atoms with E-state index in [0.29, 0.717) is 88.2 Å². The summed E-state index contributed by atoms with van der Waals surface area (Å²) in [7, 11) is 5.66. The smallest absolute Gasteiger partial charge is 0.148 e. The molecule has 103 heavy (non-hydrogen) atoms. The first-order valence-electron chi connectivity index (χ1n) is 41.7. The Labute approximate surface area is 633 Å². The Kier molecular flexibility index (Phi) is 33.1. The minimum absolute atomic E-state index is 0.0710. The molecule has 10 atom stereocenters. The predicted octanol–water partition coefficient (Wildman–Crippen LogP) is 12.1. The van der Waals surface area contributed by atoms with Gasteiger partial charge in [-0.25, -0.2) is 4.39 Å². The average Bonchev–Trinajstić information content (AvgIpc) is 1.69. The zero-order chi connectivity index (χ0) is 76.3. The van der Waals surface area contributed by atoms with E-state index in [0.717, 1.165) is 109 Å². The van der Waals surface area contributed by atoms with Gasteiger partial charge in [0.25, 0.3) is 0 Å². The van der Waals surface area contributed by atoms with E-state index in [9.17, 15) is 4.39 Å². The van der Waals surface area contributed by atoms with Crippen LogP contribution in [-0.4, -0.2) is 356 Å². The van der Waals surface area contributed by atoms with Crippen LogP contribution < -0.4 is 0 Å². The van der Waals surface area contributed by atoms with E-state index in [1.807, 2.05) is 7.11 Å². The van der Waals surface area contributed by atoms with Crippen molar-refractivity contribution in [3.63, 3.8) is 0 Å². The van der Waals surface area contributed by atoms with Crippen molar-refractivity contribution in [2.45, 2.75) is 347 Å². The van der Waals surface area contributed by atoms with Crippen LogP contribution in [-0.2, 0) is 33.2 Å². The SMILES string of the molecule is CC(C)(C)N1CC(N2CCCOCC2)C1.CC(C)(C)N1CC2CC(C1)O2.CC(C)(C)N1CCC2CC1CO2.CC(C)(C)N1CCCOCC1.CC(C)(C)N1CCN2CCCC2C1.CN(C1CCOC1)C1CN(C(C)(C)C)C1.COC1CC2CC1CN2C(C)(C)C.COCC1(F)CCN(C(C)(C)C)C1. The highest BCUT2D eigenvalue weighted by Crippen LogP contribution is 2.43. The molecule has 0 aromatic rings. The van der Waals surface area contributed by atoms with Crippen molar-refractivity contribution in [2.24, 2.45) is 5.92 Å². The van der Waals surface area contributed by atoms with Crippen molar-refractivity contribution < 1.29 is 37.5 Å². The molecule has 0 spiro atoms. The topological polar surface area (TPSA) is 100 Å². The summed E-state index contributed by atoms with van der Waals surface area (Å²) >= 11 is 0. The number of piperazine rings is 1. The number of methoxy groups -OCH3 is 2. The first-order chi connectivity index (χ1) is 47.7. The molecule has 14 heterocycles. The Morgan fingerprint density at radius 3 is 1.44 bits per heavy atom. The van der Waals surface area contributed by atoms with E-state index in [4.69, 9.17) is 33.2 Å². The predicted molar refractivity (Wildman–Crippen MR) is 426 cm³/mol. The summed E-state index contributed by atoms with van der Waals surface area (Å²) < 4.78 is 51.8. The van der Waals surface area contributed by atoms with Gasteiger partial charge in [-0.1, -0.05) is 0 Å². The summed E-state index contributed by atoms with van der Waals surface area (Å²) in [5.41, 5.74) is 1.32. The largest absolute Gasteiger partial charge is 0.381 e. The van der Waals surface area contributed by atoms with Gasteiger partial charge in [0.1, 0.15) is 5.67 Å². The molecule has 6 bridgehead atoms. The third-order valence-corrected chi connectivity index (χ3v) is 25.2. The molecule has 0 aromatic carbocycles. The molecule has 0 aromatic heterocycles. The van der Waals surface area contributed by atoms with Crippen LogP contribution in [0, 0.1) is 5.92 Å². The maximum atomic E-state index is 13.9. The fourth-order valence-corrected chi connectivity index (χ4v) is 17.9. The van der Waals surface area contributed by atoms with Gasteiger partial charge in [0.15, 0.2) is 0 Å². The van der Waals surface area contributed by atoms with Gasteiger partial charge in [0, 0.05) is 232 Å². The van der Waals surface area contributed by atoms with Crippen LogP contribution in [0.2, 0.25) is 0 Å². The summed E-state index contributed by atoms with van der Waals surface area (Å²) in [5, 5.41) is 0. The Balaban J connectivity index is 0.000000165. The molecular weight excluding hydrogens is 1290 g/mol. The van der Waals surface area contributed by atoms with Crippen LogP contribution in [0.4, 0.5) is 4.39 Å². The number of hydrogen-bond donors (Lipinski definition) is 0. The molecule has 14 aliphatic heterocycles. The zero-order valence-electron chi connectivity index (χ0n) is 72.2. The van der Waals surface area contributed by atoms with Gasteiger partial charge in [-0.3, -0.25) is 53.9 Å². The second-order valence-electron chi connectivity index (χ2n) is 41.3. The van der Waals surface area contributed by atoms with Crippen LogP contribution in [0.15, 0.2) is 0 Å². The maximum Gasteiger partial charge on any atom is 0.148 e. The second kappa shape index (κ2) is 38.2. The van der Waals surface area contributed by atoms with Gasteiger partial charge in [0.2, 0.25) is 0 Å². The number of halogens is 1. The minimum atomic E-state index is -1.12. The highest BCUT2D eigenvalue weighted by atomic mass is 19.1.